The number of aryl methyl sites for hydroxylation is 1. The molecule has 1 aliphatic carbocycles. The zero-order valence-electron chi connectivity index (χ0n) is 12.7. The maximum atomic E-state index is 13.1. The number of carbonyl (C=O) groups excluding carboxylic acids is 1. The van der Waals surface area contributed by atoms with E-state index < -0.39 is 24.2 Å². The number of carbonyl (C=O) groups is 1. The van der Waals surface area contributed by atoms with Gasteiger partial charge in [0.25, 0.3) is 0 Å². The van der Waals surface area contributed by atoms with Gasteiger partial charge in [0.15, 0.2) is 0 Å². The predicted molar refractivity (Wildman–Crippen MR) is 75.1 cm³/mol. The zero-order chi connectivity index (χ0) is 16.3. The van der Waals surface area contributed by atoms with Crippen molar-refractivity contribution in [2.45, 2.75) is 51.4 Å². The van der Waals surface area contributed by atoms with Crippen LogP contribution in [0.3, 0.4) is 0 Å². The zero-order valence-corrected chi connectivity index (χ0v) is 12.7. The Labute approximate surface area is 127 Å². The minimum atomic E-state index is -4.42. The molecule has 5 nitrogen and oxygen atoms in total. The third-order valence-corrected chi connectivity index (χ3v) is 4.29. The van der Waals surface area contributed by atoms with Gasteiger partial charge in [-0.05, 0) is 25.7 Å². The maximum absolute atomic E-state index is 13.1. The molecule has 0 aromatic carbocycles. The van der Waals surface area contributed by atoms with Crippen molar-refractivity contribution >= 4 is 6.03 Å². The highest BCUT2D eigenvalue weighted by Gasteiger charge is 2.46. The largest absolute Gasteiger partial charge is 0.408 e. The second kappa shape index (κ2) is 6.58. The summed E-state index contributed by atoms with van der Waals surface area (Å²) in [6.07, 6.45) is -0.242. The maximum Gasteiger partial charge on any atom is 0.408 e. The van der Waals surface area contributed by atoms with Gasteiger partial charge in [-0.1, -0.05) is 12.8 Å². The van der Waals surface area contributed by atoms with E-state index in [0.717, 1.165) is 24.1 Å². The number of aromatic nitrogens is 2. The van der Waals surface area contributed by atoms with Gasteiger partial charge in [-0.15, -0.1) is 0 Å². The Bertz CT molecular complexity index is 521. The van der Waals surface area contributed by atoms with Crippen molar-refractivity contribution in [2.24, 2.45) is 13.0 Å². The Morgan fingerprint density at radius 1 is 1.45 bits per heavy atom. The molecule has 1 aromatic heterocycles. The fraction of sp³-hybridized carbons (Fsp3) is 0.714. The third kappa shape index (κ3) is 3.92. The van der Waals surface area contributed by atoms with E-state index in [1.54, 1.807) is 17.9 Å². The Morgan fingerprint density at radius 3 is 2.59 bits per heavy atom. The molecule has 1 heterocycles. The first-order valence-corrected chi connectivity index (χ1v) is 7.37. The first kappa shape index (κ1) is 16.6. The van der Waals surface area contributed by atoms with Gasteiger partial charge in [0.05, 0.1) is 6.20 Å². The summed E-state index contributed by atoms with van der Waals surface area (Å²) in [4.78, 5) is 11.8. The average Bonchev–Trinajstić information content (AvgIpc) is 3.05. The van der Waals surface area contributed by atoms with Crippen LogP contribution in [0.4, 0.5) is 18.0 Å². The van der Waals surface area contributed by atoms with E-state index in [4.69, 9.17) is 0 Å². The lowest BCUT2D eigenvalue weighted by Gasteiger charge is -2.27. The second-order valence-electron chi connectivity index (χ2n) is 5.77. The van der Waals surface area contributed by atoms with Gasteiger partial charge < -0.3 is 10.6 Å². The number of nitrogens with one attached hydrogen (secondary N) is 2. The van der Waals surface area contributed by atoms with Crippen molar-refractivity contribution in [3.05, 3.63) is 17.5 Å². The molecule has 1 atom stereocenters. The minimum absolute atomic E-state index is 0.154. The molecule has 1 aromatic rings. The Kier molecular flexibility index (Phi) is 4.97. The van der Waals surface area contributed by atoms with Gasteiger partial charge in [0.2, 0.25) is 0 Å². The molecule has 0 radical (unpaired) electrons. The van der Waals surface area contributed by atoms with E-state index in [9.17, 15) is 18.0 Å². The SMILES string of the molecule is Cc1c(CNC(=O)NC(C2CCCC2)C(F)(F)F)cnn1C. The first-order valence-electron chi connectivity index (χ1n) is 7.37. The lowest BCUT2D eigenvalue weighted by atomic mass is 9.98. The summed E-state index contributed by atoms with van der Waals surface area (Å²) >= 11 is 0. The number of amides is 2. The van der Waals surface area contributed by atoms with E-state index in [1.807, 2.05) is 6.92 Å². The van der Waals surface area contributed by atoms with Gasteiger partial charge in [-0.3, -0.25) is 4.68 Å². The fourth-order valence-corrected chi connectivity index (χ4v) is 2.84. The quantitative estimate of drug-likeness (QED) is 0.896. The Morgan fingerprint density at radius 2 is 2.09 bits per heavy atom. The minimum Gasteiger partial charge on any atom is -0.334 e. The highest BCUT2D eigenvalue weighted by Crippen LogP contribution is 2.35. The van der Waals surface area contributed by atoms with Crippen molar-refractivity contribution in [1.29, 1.82) is 0 Å². The molecular weight excluding hydrogens is 297 g/mol. The summed E-state index contributed by atoms with van der Waals surface area (Å²) in [5.74, 6) is -0.522. The molecule has 0 saturated heterocycles. The fourth-order valence-electron chi connectivity index (χ4n) is 2.84. The van der Waals surface area contributed by atoms with Crippen molar-refractivity contribution in [3.8, 4) is 0 Å². The summed E-state index contributed by atoms with van der Waals surface area (Å²) in [6.45, 7) is 1.99. The summed E-state index contributed by atoms with van der Waals surface area (Å²) in [5.41, 5.74) is 1.64. The number of hydrogen-bond acceptors (Lipinski definition) is 2. The molecule has 0 aliphatic heterocycles. The van der Waals surface area contributed by atoms with Crippen LogP contribution in [0.25, 0.3) is 0 Å². The van der Waals surface area contributed by atoms with E-state index in [-0.39, 0.29) is 6.54 Å². The van der Waals surface area contributed by atoms with Crippen LogP contribution in [0.15, 0.2) is 6.20 Å². The molecule has 8 heteroatoms. The summed E-state index contributed by atoms with van der Waals surface area (Å²) in [6, 6.07) is -2.57. The van der Waals surface area contributed by atoms with Crippen LogP contribution in [-0.2, 0) is 13.6 Å². The van der Waals surface area contributed by atoms with E-state index >= 15 is 0 Å². The molecular formula is C14H21F3N4O. The number of halogens is 3. The number of hydrogen-bond donors (Lipinski definition) is 2. The lowest BCUT2D eigenvalue weighted by Crippen LogP contribution is -2.52. The van der Waals surface area contributed by atoms with E-state index in [1.165, 1.54) is 0 Å². The molecule has 2 amide bonds. The van der Waals surface area contributed by atoms with Crippen molar-refractivity contribution in [3.63, 3.8) is 0 Å². The highest BCUT2D eigenvalue weighted by molar-refractivity contribution is 5.74. The molecule has 1 fully saturated rings. The van der Waals surface area contributed by atoms with Gasteiger partial charge >= 0.3 is 12.2 Å². The standard InChI is InChI=1S/C14H21F3N4O/c1-9-11(8-19-21(9)2)7-18-13(22)20-12(14(15,16)17)10-5-3-4-6-10/h8,10,12H,3-7H2,1-2H3,(H2,18,20,22). The normalized spacial score (nSPS) is 17.5. The topological polar surface area (TPSA) is 59.0 Å². The molecule has 1 aliphatic rings. The number of rotatable bonds is 4. The van der Waals surface area contributed by atoms with Crippen molar-refractivity contribution in [2.75, 3.05) is 0 Å². The van der Waals surface area contributed by atoms with Crippen LogP contribution < -0.4 is 10.6 Å². The predicted octanol–water partition coefficient (Wildman–Crippen LogP) is 2.65. The Hall–Kier alpha value is -1.73. The molecule has 2 N–H and O–H groups in total. The van der Waals surface area contributed by atoms with E-state index in [2.05, 4.69) is 15.7 Å². The van der Waals surface area contributed by atoms with Crippen LogP contribution in [0.1, 0.15) is 36.9 Å². The van der Waals surface area contributed by atoms with Gasteiger partial charge in [0.1, 0.15) is 6.04 Å². The molecule has 124 valence electrons. The van der Waals surface area contributed by atoms with Crippen LogP contribution in [-0.4, -0.2) is 28.0 Å². The van der Waals surface area contributed by atoms with Gasteiger partial charge in [0, 0.05) is 24.8 Å². The van der Waals surface area contributed by atoms with Crippen LogP contribution in [0.2, 0.25) is 0 Å². The number of urea groups is 1. The average molecular weight is 318 g/mol. The molecule has 1 saturated carbocycles. The summed E-state index contributed by atoms with van der Waals surface area (Å²) in [7, 11) is 1.76. The summed E-state index contributed by atoms with van der Waals surface area (Å²) < 4.78 is 41.0. The monoisotopic (exact) mass is 318 g/mol. The highest BCUT2D eigenvalue weighted by atomic mass is 19.4. The van der Waals surface area contributed by atoms with Crippen LogP contribution >= 0.6 is 0 Å². The van der Waals surface area contributed by atoms with Crippen LogP contribution in [0.5, 0.6) is 0 Å². The number of nitrogens with zero attached hydrogens (tertiary/aromatic N) is 2. The van der Waals surface area contributed by atoms with Crippen LogP contribution in [0, 0.1) is 12.8 Å². The molecule has 0 spiro atoms. The van der Waals surface area contributed by atoms with Crippen molar-refractivity contribution < 1.29 is 18.0 Å². The van der Waals surface area contributed by atoms with Gasteiger partial charge in [-0.25, -0.2) is 4.79 Å². The van der Waals surface area contributed by atoms with Crippen molar-refractivity contribution in [1.82, 2.24) is 20.4 Å². The summed E-state index contributed by atoms with van der Waals surface area (Å²) in [5, 5.41) is 8.59. The lowest BCUT2D eigenvalue weighted by molar-refractivity contribution is -0.164. The Balaban J connectivity index is 1.92. The third-order valence-electron chi connectivity index (χ3n) is 4.29. The number of alkyl halides is 3. The molecule has 0 bridgehead atoms. The molecule has 2 rings (SSSR count). The molecule has 22 heavy (non-hydrogen) atoms. The first-order chi connectivity index (χ1) is 10.3. The van der Waals surface area contributed by atoms with Gasteiger partial charge in [-0.2, -0.15) is 18.3 Å². The smallest absolute Gasteiger partial charge is 0.334 e. The van der Waals surface area contributed by atoms with E-state index in [0.29, 0.717) is 12.8 Å². The molecule has 1 unspecified atom stereocenters. The second-order valence-corrected chi connectivity index (χ2v) is 5.77.